The van der Waals surface area contributed by atoms with Crippen LogP contribution in [-0.2, 0) is 4.79 Å². The molecular formula is C11H15N5O. The first-order valence-electron chi connectivity index (χ1n) is 5.88. The Kier molecular flexibility index (Phi) is 2.35. The van der Waals surface area contributed by atoms with Crippen LogP contribution < -0.4 is 16.0 Å². The predicted octanol–water partition coefficient (Wildman–Crippen LogP) is -0.128. The highest BCUT2D eigenvalue weighted by atomic mass is 16.2. The molecule has 0 bridgehead atoms. The van der Waals surface area contributed by atoms with Gasteiger partial charge in [-0.25, -0.2) is 9.97 Å². The van der Waals surface area contributed by atoms with E-state index in [4.69, 9.17) is 5.73 Å². The molecule has 1 amide bonds. The molecule has 1 saturated carbocycles. The second-order valence-corrected chi connectivity index (χ2v) is 4.55. The number of carbonyl (C=O) groups excluding carboxylic acids is 1. The summed E-state index contributed by atoms with van der Waals surface area (Å²) in [5.41, 5.74) is 5.79. The van der Waals surface area contributed by atoms with Crippen molar-refractivity contribution < 1.29 is 4.79 Å². The van der Waals surface area contributed by atoms with Crippen LogP contribution >= 0.6 is 0 Å². The van der Waals surface area contributed by atoms with Crippen LogP contribution in [0.4, 0.5) is 11.6 Å². The summed E-state index contributed by atoms with van der Waals surface area (Å²) in [5, 5.41) is 2.79. The van der Waals surface area contributed by atoms with Crippen molar-refractivity contribution in [1.82, 2.24) is 15.3 Å². The molecule has 1 aliphatic heterocycles. The van der Waals surface area contributed by atoms with Crippen LogP contribution in [0.5, 0.6) is 0 Å². The number of nitrogens with one attached hydrogen (secondary N) is 1. The number of nitrogens with two attached hydrogens (primary N) is 1. The topological polar surface area (TPSA) is 84.1 Å². The Morgan fingerprint density at radius 2 is 2.24 bits per heavy atom. The molecule has 0 unspecified atom stereocenters. The van der Waals surface area contributed by atoms with Crippen LogP contribution in [0.15, 0.2) is 6.07 Å². The molecule has 6 heteroatoms. The van der Waals surface area contributed by atoms with E-state index in [0.29, 0.717) is 24.8 Å². The molecule has 2 aliphatic rings. The maximum absolute atomic E-state index is 11.3. The Bertz CT molecular complexity index is 457. The zero-order valence-electron chi connectivity index (χ0n) is 9.52. The van der Waals surface area contributed by atoms with E-state index in [0.717, 1.165) is 31.0 Å². The van der Waals surface area contributed by atoms with E-state index in [1.54, 1.807) is 6.07 Å². The molecule has 3 rings (SSSR count). The smallest absolute Gasteiger partial charge is 0.239 e. The first-order valence-corrected chi connectivity index (χ1v) is 5.88. The lowest BCUT2D eigenvalue weighted by Gasteiger charge is -2.27. The average molecular weight is 233 g/mol. The number of hydrogen-bond donors (Lipinski definition) is 2. The van der Waals surface area contributed by atoms with E-state index in [-0.39, 0.29) is 5.91 Å². The number of rotatable bonds is 2. The standard InChI is InChI=1S/C11H15N5O/c12-8-5-9(15-11(14-8)7-1-2-7)16-4-3-13-10(17)6-16/h5,7H,1-4,6H2,(H,13,17)(H2,12,14,15). The SMILES string of the molecule is Nc1cc(N2CCNC(=O)C2)nc(C2CC2)n1. The lowest BCUT2D eigenvalue weighted by Crippen LogP contribution is -2.48. The van der Waals surface area contributed by atoms with Crippen molar-refractivity contribution in [3.8, 4) is 0 Å². The van der Waals surface area contributed by atoms with E-state index in [2.05, 4.69) is 15.3 Å². The number of anilines is 2. The fraction of sp³-hybridized carbons (Fsp3) is 0.545. The van der Waals surface area contributed by atoms with Crippen LogP contribution in [0, 0.1) is 0 Å². The van der Waals surface area contributed by atoms with Gasteiger partial charge in [-0.1, -0.05) is 0 Å². The number of nitrogens with zero attached hydrogens (tertiary/aromatic N) is 3. The Morgan fingerprint density at radius 3 is 2.94 bits per heavy atom. The molecule has 0 radical (unpaired) electrons. The molecule has 90 valence electrons. The highest BCUT2D eigenvalue weighted by Crippen LogP contribution is 2.38. The van der Waals surface area contributed by atoms with Crippen molar-refractivity contribution in [1.29, 1.82) is 0 Å². The Labute approximate surface area is 99.2 Å². The van der Waals surface area contributed by atoms with Gasteiger partial charge in [0, 0.05) is 25.1 Å². The molecule has 0 atom stereocenters. The summed E-state index contributed by atoms with van der Waals surface area (Å²) in [6.45, 7) is 1.77. The highest BCUT2D eigenvalue weighted by Gasteiger charge is 2.28. The lowest BCUT2D eigenvalue weighted by molar-refractivity contribution is -0.120. The summed E-state index contributed by atoms with van der Waals surface area (Å²) in [7, 11) is 0. The summed E-state index contributed by atoms with van der Waals surface area (Å²) in [6, 6.07) is 1.74. The van der Waals surface area contributed by atoms with E-state index in [1.807, 2.05) is 4.90 Å². The zero-order valence-corrected chi connectivity index (χ0v) is 9.52. The fourth-order valence-electron chi connectivity index (χ4n) is 1.99. The predicted molar refractivity (Wildman–Crippen MR) is 63.6 cm³/mol. The largest absolute Gasteiger partial charge is 0.384 e. The van der Waals surface area contributed by atoms with Crippen molar-refractivity contribution in [3.05, 3.63) is 11.9 Å². The van der Waals surface area contributed by atoms with Crippen LogP contribution in [0.25, 0.3) is 0 Å². The number of amides is 1. The van der Waals surface area contributed by atoms with E-state index in [9.17, 15) is 4.79 Å². The molecule has 1 saturated heterocycles. The van der Waals surface area contributed by atoms with Gasteiger partial charge < -0.3 is 16.0 Å². The van der Waals surface area contributed by atoms with E-state index in [1.165, 1.54) is 0 Å². The third-order valence-electron chi connectivity index (χ3n) is 3.05. The molecule has 2 fully saturated rings. The monoisotopic (exact) mass is 233 g/mol. The maximum atomic E-state index is 11.3. The van der Waals surface area contributed by atoms with Gasteiger partial charge in [0.2, 0.25) is 5.91 Å². The molecule has 0 aromatic carbocycles. The summed E-state index contributed by atoms with van der Waals surface area (Å²) < 4.78 is 0. The number of nitrogen functional groups attached to an aromatic ring is 1. The summed E-state index contributed by atoms with van der Waals surface area (Å²) in [4.78, 5) is 22.0. The van der Waals surface area contributed by atoms with Gasteiger partial charge in [-0.15, -0.1) is 0 Å². The molecule has 1 aliphatic carbocycles. The van der Waals surface area contributed by atoms with Gasteiger partial charge in [0.1, 0.15) is 17.5 Å². The second kappa shape index (κ2) is 3.87. The Hall–Kier alpha value is -1.85. The van der Waals surface area contributed by atoms with E-state index < -0.39 is 0 Å². The first kappa shape index (κ1) is 10.3. The van der Waals surface area contributed by atoms with Crippen LogP contribution in [0.1, 0.15) is 24.6 Å². The summed E-state index contributed by atoms with van der Waals surface area (Å²) in [6.07, 6.45) is 2.28. The molecule has 1 aromatic rings. The minimum atomic E-state index is 0.0291. The molecular weight excluding hydrogens is 218 g/mol. The molecule has 6 nitrogen and oxygen atoms in total. The van der Waals surface area contributed by atoms with E-state index >= 15 is 0 Å². The van der Waals surface area contributed by atoms with Crippen molar-refractivity contribution >= 4 is 17.5 Å². The normalized spacial score (nSPS) is 20.2. The van der Waals surface area contributed by atoms with Gasteiger partial charge in [0.25, 0.3) is 0 Å². The van der Waals surface area contributed by atoms with Crippen molar-refractivity contribution in [2.24, 2.45) is 0 Å². The first-order chi connectivity index (χ1) is 8.22. The van der Waals surface area contributed by atoms with Crippen molar-refractivity contribution in [2.75, 3.05) is 30.3 Å². The average Bonchev–Trinajstić information content (AvgIpc) is 3.12. The van der Waals surface area contributed by atoms with Crippen LogP contribution in [-0.4, -0.2) is 35.5 Å². The van der Waals surface area contributed by atoms with Crippen molar-refractivity contribution in [2.45, 2.75) is 18.8 Å². The third kappa shape index (κ3) is 2.15. The summed E-state index contributed by atoms with van der Waals surface area (Å²) in [5.74, 6) is 2.58. The Balaban J connectivity index is 1.88. The van der Waals surface area contributed by atoms with Gasteiger partial charge in [-0.3, -0.25) is 4.79 Å². The molecule has 1 aromatic heterocycles. The van der Waals surface area contributed by atoms with Crippen LogP contribution in [0.3, 0.4) is 0 Å². The number of carbonyl (C=O) groups is 1. The van der Waals surface area contributed by atoms with Gasteiger partial charge in [-0.05, 0) is 12.8 Å². The van der Waals surface area contributed by atoms with Crippen LogP contribution in [0.2, 0.25) is 0 Å². The molecule has 17 heavy (non-hydrogen) atoms. The quantitative estimate of drug-likeness (QED) is 0.743. The Morgan fingerprint density at radius 1 is 1.41 bits per heavy atom. The van der Waals surface area contributed by atoms with Crippen molar-refractivity contribution in [3.63, 3.8) is 0 Å². The number of aromatic nitrogens is 2. The molecule has 0 spiro atoms. The van der Waals surface area contributed by atoms with Gasteiger partial charge in [-0.2, -0.15) is 0 Å². The summed E-state index contributed by atoms with van der Waals surface area (Å²) >= 11 is 0. The number of hydrogen-bond acceptors (Lipinski definition) is 5. The minimum absolute atomic E-state index is 0.0291. The minimum Gasteiger partial charge on any atom is -0.384 e. The van der Waals surface area contributed by atoms with Gasteiger partial charge in [0.15, 0.2) is 0 Å². The highest BCUT2D eigenvalue weighted by molar-refractivity contribution is 5.82. The third-order valence-corrected chi connectivity index (χ3v) is 3.05. The zero-order chi connectivity index (χ0) is 11.8. The maximum Gasteiger partial charge on any atom is 0.239 e. The van der Waals surface area contributed by atoms with Gasteiger partial charge in [0.05, 0.1) is 6.54 Å². The van der Waals surface area contributed by atoms with Gasteiger partial charge >= 0.3 is 0 Å². The molecule has 3 N–H and O–H groups in total. The fourth-order valence-corrected chi connectivity index (χ4v) is 1.99. The second-order valence-electron chi connectivity index (χ2n) is 4.55. The number of piperazine rings is 1. The lowest BCUT2D eigenvalue weighted by atomic mass is 10.3. The molecule has 2 heterocycles.